The lowest BCUT2D eigenvalue weighted by atomic mass is 10.0. The molecular formula is C25H29ClN4O2S. The van der Waals surface area contributed by atoms with E-state index in [2.05, 4.69) is 29.4 Å². The van der Waals surface area contributed by atoms with E-state index in [9.17, 15) is 9.59 Å². The number of benzene rings is 2. The SMILES string of the molecule is CC(C)c1ccc(/C=C/C(=O)NC(=S)Nc2cc(C(=O)N3CCN(C)CC3)ccc2Cl)cc1. The van der Waals surface area contributed by atoms with Gasteiger partial charge in [0.2, 0.25) is 5.91 Å². The first-order valence-corrected chi connectivity index (χ1v) is 11.7. The molecule has 8 heteroatoms. The second kappa shape index (κ2) is 11.4. The largest absolute Gasteiger partial charge is 0.336 e. The maximum absolute atomic E-state index is 12.8. The summed E-state index contributed by atoms with van der Waals surface area (Å²) in [6.45, 7) is 7.32. The van der Waals surface area contributed by atoms with Gasteiger partial charge in [0.25, 0.3) is 5.91 Å². The Hall–Kier alpha value is -2.74. The van der Waals surface area contributed by atoms with Crippen molar-refractivity contribution in [2.45, 2.75) is 19.8 Å². The van der Waals surface area contributed by atoms with Crippen molar-refractivity contribution in [1.29, 1.82) is 0 Å². The average molecular weight is 485 g/mol. The van der Waals surface area contributed by atoms with Gasteiger partial charge in [-0.3, -0.25) is 14.9 Å². The molecule has 0 unspecified atom stereocenters. The number of hydrogen-bond donors (Lipinski definition) is 2. The summed E-state index contributed by atoms with van der Waals surface area (Å²) in [6, 6.07) is 13.0. The zero-order valence-electron chi connectivity index (χ0n) is 19.1. The van der Waals surface area contributed by atoms with Crippen molar-refractivity contribution in [3.63, 3.8) is 0 Å². The van der Waals surface area contributed by atoms with Gasteiger partial charge in [-0.1, -0.05) is 49.7 Å². The molecular weight excluding hydrogens is 456 g/mol. The molecule has 1 saturated heterocycles. The third kappa shape index (κ3) is 7.12. The van der Waals surface area contributed by atoms with Crippen LogP contribution >= 0.6 is 23.8 Å². The van der Waals surface area contributed by atoms with Crippen molar-refractivity contribution in [2.75, 3.05) is 38.5 Å². The van der Waals surface area contributed by atoms with Crippen LogP contribution in [0.2, 0.25) is 5.02 Å². The maximum atomic E-state index is 12.8. The van der Waals surface area contributed by atoms with Crippen LogP contribution in [0.4, 0.5) is 5.69 Å². The third-order valence-corrected chi connectivity index (χ3v) is 6.05. The molecule has 2 aromatic rings. The minimum atomic E-state index is -0.360. The van der Waals surface area contributed by atoms with Crippen LogP contribution in [0.15, 0.2) is 48.5 Å². The molecule has 2 N–H and O–H groups in total. The summed E-state index contributed by atoms with van der Waals surface area (Å²) >= 11 is 11.5. The highest BCUT2D eigenvalue weighted by Gasteiger charge is 2.21. The number of carbonyl (C=O) groups excluding carboxylic acids is 2. The van der Waals surface area contributed by atoms with Gasteiger partial charge in [-0.05, 0) is 60.6 Å². The van der Waals surface area contributed by atoms with E-state index >= 15 is 0 Å². The second-order valence-corrected chi connectivity index (χ2v) is 9.20. The number of amides is 2. The summed E-state index contributed by atoms with van der Waals surface area (Å²) in [6.07, 6.45) is 3.15. The number of nitrogens with one attached hydrogen (secondary N) is 2. The number of rotatable bonds is 5. The van der Waals surface area contributed by atoms with Crippen molar-refractivity contribution in [3.05, 3.63) is 70.3 Å². The first-order chi connectivity index (χ1) is 15.7. The smallest absolute Gasteiger partial charge is 0.254 e. The number of halogens is 1. The second-order valence-electron chi connectivity index (χ2n) is 8.39. The predicted molar refractivity (Wildman–Crippen MR) is 139 cm³/mol. The molecule has 1 fully saturated rings. The van der Waals surface area contributed by atoms with E-state index in [0.29, 0.717) is 35.3 Å². The zero-order chi connectivity index (χ0) is 24.0. The Morgan fingerprint density at radius 1 is 1.06 bits per heavy atom. The summed E-state index contributed by atoms with van der Waals surface area (Å²) in [5.41, 5.74) is 3.15. The molecule has 174 valence electrons. The van der Waals surface area contributed by atoms with Crippen molar-refractivity contribution in [1.82, 2.24) is 15.1 Å². The fourth-order valence-corrected chi connectivity index (χ4v) is 3.79. The number of thiocarbonyl (C=S) groups is 1. The normalized spacial score (nSPS) is 14.5. The summed E-state index contributed by atoms with van der Waals surface area (Å²) in [7, 11) is 2.04. The minimum Gasteiger partial charge on any atom is -0.336 e. The molecule has 0 aromatic heterocycles. The third-order valence-electron chi connectivity index (χ3n) is 5.52. The molecule has 6 nitrogen and oxygen atoms in total. The topological polar surface area (TPSA) is 64.7 Å². The van der Waals surface area contributed by atoms with E-state index in [1.165, 1.54) is 11.6 Å². The van der Waals surface area contributed by atoms with Gasteiger partial charge in [0, 0.05) is 37.8 Å². The summed E-state index contributed by atoms with van der Waals surface area (Å²) in [4.78, 5) is 29.1. The molecule has 0 atom stereocenters. The lowest BCUT2D eigenvalue weighted by Gasteiger charge is -2.32. The van der Waals surface area contributed by atoms with Gasteiger partial charge in [-0.25, -0.2) is 0 Å². The highest BCUT2D eigenvalue weighted by atomic mass is 35.5. The quantitative estimate of drug-likeness (QED) is 0.487. The number of hydrogen-bond acceptors (Lipinski definition) is 4. The van der Waals surface area contributed by atoms with Gasteiger partial charge >= 0.3 is 0 Å². The number of likely N-dealkylation sites (N-methyl/N-ethyl adjacent to an activating group) is 1. The van der Waals surface area contributed by atoms with Crippen LogP contribution in [-0.2, 0) is 4.79 Å². The maximum Gasteiger partial charge on any atom is 0.254 e. The van der Waals surface area contributed by atoms with Crippen molar-refractivity contribution in [3.8, 4) is 0 Å². The van der Waals surface area contributed by atoms with Crippen molar-refractivity contribution >= 4 is 52.5 Å². The van der Waals surface area contributed by atoms with Gasteiger partial charge in [0.05, 0.1) is 10.7 Å². The fourth-order valence-electron chi connectivity index (χ4n) is 3.42. The zero-order valence-corrected chi connectivity index (χ0v) is 20.7. The standard InChI is InChI=1S/C25H29ClN4O2S/c1-17(2)19-7-4-18(5-8-19)6-11-23(31)28-25(33)27-22-16-20(9-10-21(22)26)24(32)30-14-12-29(3)13-15-30/h4-11,16-17H,12-15H2,1-3H3,(H2,27,28,31,33)/b11-6+. The van der Waals surface area contributed by atoms with E-state index in [4.69, 9.17) is 23.8 Å². The monoisotopic (exact) mass is 484 g/mol. The first-order valence-electron chi connectivity index (χ1n) is 10.9. The highest BCUT2D eigenvalue weighted by molar-refractivity contribution is 7.80. The van der Waals surface area contributed by atoms with Crippen LogP contribution in [0, 0.1) is 0 Å². The van der Waals surface area contributed by atoms with E-state index in [1.807, 2.05) is 36.2 Å². The van der Waals surface area contributed by atoms with Crippen LogP contribution in [0.3, 0.4) is 0 Å². The number of anilines is 1. The van der Waals surface area contributed by atoms with Crippen LogP contribution in [0.5, 0.6) is 0 Å². The van der Waals surface area contributed by atoms with Gasteiger partial charge < -0.3 is 15.1 Å². The van der Waals surface area contributed by atoms with Crippen LogP contribution in [-0.4, -0.2) is 60.0 Å². The van der Waals surface area contributed by atoms with E-state index in [0.717, 1.165) is 18.7 Å². The summed E-state index contributed by atoms with van der Waals surface area (Å²) in [5.74, 6) is 0.0439. The molecule has 0 bridgehead atoms. The number of carbonyl (C=O) groups is 2. The van der Waals surface area contributed by atoms with Gasteiger partial charge in [-0.2, -0.15) is 0 Å². The Kier molecular flexibility index (Phi) is 8.61. The lowest BCUT2D eigenvalue weighted by molar-refractivity contribution is -0.115. The molecule has 1 heterocycles. The molecule has 0 spiro atoms. The number of piperazine rings is 1. The van der Waals surface area contributed by atoms with E-state index < -0.39 is 0 Å². The lowest BCUT2D eigenvalue weighted by Crippen LogP contribution is -2.47. The predicted octanol–water partition coefficient (Wildman–Crippen LogP) is 4.38. The summed E-state index contributed by atoms with van der Waals surface area (Å²) < 4.78 is 0. The Morgan fingerprint density at radius 2 is 1.73 bits per heavy atom. The van der Waals surface area contributed by atoms with Crippen molar-refractivity contribution in [2.24, 2.45) is 0 Å². The molecule has 0 saturated carbocycles. The highest BCUT2D eigenvalue weighted by Crippen LogP contribution is 2.24. The molecule has 2 amide bonds. The molecule has 1 aliphatic rings. The van der Waals surface area contributed by atoms with Crippen LogP contribution in [0.1, 0.15) is 41.3 Å². The molecule has 0 radical (unpaired) electrons. The fraction of sp³-hybridized carbons (Fsp3) is 0.320. The van der Waals surface area contributed by atoms with Crippen LogP contribution < -0.4 is 10.6 Å². The Bertz CT molecular complexity index is 1040. The minimum absolute atomic E-state index is 0.0517. The first kappa shape index (κ1) is 24.9. The van der Waals surface area contributed by atoms with Crippen LogP contribution in [0.25, 0.3) is 6.08 Å². The average Bonchev–Trinajstić information content (AvgIpc) is 2.79. The molecule has 1 aliphatic heterocycles. The summed E-state index contributed by atoms with van der Waals surface area (Å²) in [5, 5.41) is 6.03. The van der Waals surface area contributed by atoms with Gasteiger partial charge in [0.15, 0.2) is 5.11 Å². The van der Waals surface area contributed by atoms with E-state index in [1.54, 1.807) is 24.3 Å². The Balaban J connectivity index is 1.58. The Morgan fingerprint density at radius 3 is 2.36 bits per heavy atom. The van der Waals surface area contributed by atoms with Crippen molar-refractivity contribution < 1.29 is 9.59 Å². The molecule has 33 heavy (non-hydrogen) atoms. The van der Waals surface area contributed by atoms with Gasteiger partial charge in [0.1, 0.15) is 0 Å². The van der Waals surface area contributed by atoms with E-state index in [-0.39, 0.29) is 16.9 Å². The molecule has 3 rings (SSSR count). The Labute approximate surface area is 205 Å². The van der Waals surface area contributed by atoms with Gasteiger partial charge in [-0.15, -0.1) is 0 Å². The number of nitrogens with zero attached hydrogens (tertiary/aromatic N) is 2. The molecule has 2 aromatic carbocycles. The molecule has 0 aliphatic carbocycles.